The molecule has 8 heteroatoms. The zero-order chi connectivity index (χ0) is 15.7. The number of carbonyl (C=O) groups excluding carboxylic acids is 2. The van der Waals surface area contributed by atoms with Gasteiger partial charge in [-0.05, 0) is 37.0 Å². The molecule has 1 saturated carbocycles. The first-order chi connectivity index (χ1) is 10.6. The molecule has 126 valence electrons. The first-order valence-corrected chi connectivity index (χ1v) is 8.59. The van der Waals surface area contributed by atoms with Crippen LogP contribution in [0.25, 0.3) is 0 Å². The molecule has 3 rings (SSSR count). The summed E-state index contributed by atoms with van der Waals surface area (Å²) in [5.74, 6) is 0.225. The predicted octanol–water partition coefficient (Wildman–Crippen LogP) is 2.42. The fourth-order valence-electron chi connectivity index (χ4n) is 2.56. The molecule has 23 heavy (non-hydrogen) atoms. The number of carbonyl (C=O) groups is 2. The molecule has 4 N–H and O–H groups in total. The van der Waals surface area contributed by atoms with Crippen LogP contribution in [-0.4, -0.2) is 29.7 Å². The number of hydrogen-bond donors (Lipinski definition) is 3. The lowest BCUT2D eigenvalue weighted by molar-refractivity contribution is -0.124. The van der Waals surface area contributed by atoms with E-state index in [4.69, 9.17) is 17.3 Å². The van der Waals surface area contributed by atoms with Crippen LogP contribution in [0.1, 0.15) is 19.3 Å². The zero-order valence-electron chi connectivity index (χ0n) is 12.4. The quantitative estimate of drug-likeness (QED) is 0.737. The monoisotopic (exact) mass is 375 g/mol. The van der Waals surface area contributed by atoms with E-state index in [1.54, 1.807) is 12.1 Å². The van der Waals surface area contributed by atoms with E-state index < -0.39 is 5.25 Å². The van der Waals surface area contributed by atoms with Crippen LogP contribution in [0.4, 0.5) is 5.69 Å². The van der Waals surface area contributed by atoms with Crippen LogP contribution in [0.2, 0.25) is 5.02 Å². The van der Waals surface area contributed by atoms with E-state index >= 15 is 0 Å². The minimum atomic E-state index is -0.425. The lowest BCUT2D eigenvalue weighted by Gasteiger charge is -2.24. The number of nitrogens with two attached hydrogens (primary N) is 1. The van der Waals surface area contributed by atoms with Crippen molar-refractivity contribution in [3.05, 3.63) is 23.2 Å². The van der Waals surface area contributed by atoms with Gasteiger partial charge in [0.05, 0.1) is 10.9 Å². The first kappa shape index (κ1) is 18.4. The molecule has 0 aromatic heterocycles. The number of nitrogens with one attached hydrogen (secondary N) is 2. The topological polar surface area (TPSA) is 84.2 Å². The molecule has 1 heterocycles. The standard InChI is InChI=1S/C15H18ClN3O2S.ClH/c16-9-3-4-12-10(5-9)19-15(21)13(22-12)6-14(20)18-11(7-17)8-1-2-8;/h3-5,8,11,13H,1-2,6-7,17H2,(H,18,20)(H,19,21);1H. The van der Waals surface area contributed by atoms with Crippen molar-refractivity contribution in [1.82, 2.24) is 5.32 Å². The van der Waals surface area contributed by atoms with Crippen molar-refractivity contribution in [1.29, 1.82) is 0 Å². The fraction of sp³-hybridized carbons (Fsp3) is 0.467. The smallest absolute Gasteiger partial charge is 0.238 e. The third kappa shape index (κ3) is 4.53. The van der Waals surface area contributed by atoms with Crippen molar-refractivity contribution < 1.29 is 9.59 Å². The van der Waals surface area contributed by atoms with E-state index in [0.29, 0.717) is 23.2 Å². The van der Waals surface area contributed by atoms with Gasteiger partial charge in [-0.25, -0.2) is 0 Å². The lowest BCUT2D eigenvalue weighted by Crippen LogP contribution is -2.44. The largest absolute Gasteiger partial charge is 0.352 e. The highest BCUT2D eigenvalue weighted by atomic mass is 35.5. The summed E-state index contributed by atoms with van der Waals surface area (Å²) >= 11 is 7.32. The third-order valence-corrected chi connectivity index (χ3v) is 5.43. The van der Waals surface area contributed by atoms with Crippen molar-refractivity contribution in [2.24, 2.45) is 11.7 Å². The van der Waals surface area contributed by atoms with Crippen molar-refractivity contribution in [3.63, 3.8) is 0 Å². The second kappa shape index (κ2) is 7.75. The maximum absolute atomic E-state index is 12.1. The van der Waals surface area contributed by atoms with E-state index in [1.165, 1.54) is 11.8 Å². The van der Waals surface area contributed by atoms with Gasteiger partial charge >= 0.3 is 0 Å². The second-order valence-electron chi connectivity index (χ2n) is 5.69. The molecule has 2 aliphatic rings. The second-order valence-corrected chi connectivity index (χ2v) is 7.37. The molecule has 0 radical (unpaired) electrons. The Labute approximate surface area is 150 Å². The Hall–Kier alpha value is -0.950. The van der Waals surface area contributed by atoms with E-state index in [-0.39, 0.29) is 36.7 Å². The Balaban J connectivity index is 0.00000192. The number of amides is 2. The maximum Gasteiger partial charge on any atom is 0.238 e. The molecule has 1 aromatic rings. The minimum Gasteiger partial charge on any atom is -0.352 e. The highest BCUT2D eigenvalue weighted by Gasteiger charge is 2.33. The number of anilines is 1. The molecule has 2 unspecified atom stereocenters. The van der Waals surface area contributed by atoms with E-state index in [2.05, 4.69) is 10.6 Å². The molecule has 1 fully saturated rings. The van der Waals surface area contributed by atoms with Crippen LogP contribution in [0, 0.1) is 5.92 Å². The summed E-state index contributed by atoms with van der Waals surface area (Å²) in [4.78, 5) is 25.2. The van der Waals surface area contributed by atoms with Gasteiger partial charge in [-0.2, -0.15) is 0 Å². The molecular weight excluding hydrogens is 357 g/mol. The first-order valence-electron chi connectivity index (χ1n) is 7.33. The fourth-order valence-corrected chi connectivity index (χ4v) is 3.82. The van der Waals surface area contributed by atoms with Crippen LogP contribution in [0.3, 0.4) is 0 Å². The van der Waals surface area contributed by atoms with E-state index in [1.807, 2.05) is 6.07 Å². The number of rotatable bonds is 5. The average Bonchev–Trinajstić information content (AvgIpc) is 3.30. The van der Waals surface area contributed by atoms with Crippen LogP contribution < -0.4 is 16.4 Å². The number of benzene rings is 1. The minimum absolute atomic E-state index is 0. The van der Waals surface area contributed by atoms with Crippen molar-refractivity contribution in [3.8, 4) is 0 Å². The summed E-state index contributed by atoms with van der Waals surface area (Å²) in [5.41, 5.74) is 6.39. The van der Waals surface area contributed by atoms with Gasteiger partial charge in [0.1, 0.15) is 0 Å². The number of fused-ring (bicyclic) bond motifs is 1. The Kier molecular flexibility index (Phi) is 6.19. The van der Waals surface area contributed by atoms with Gasteiger partial charge in [0.15, 0.2) is 0 Å². The van der Waals surface area contributed by atoms with Gasteiger partial charge in [0.2, 0.25) is 11.8 Å². The van der Waals surface area contributed by atoms with Crippen molar-refractivity contribution >= 4 is 53.3 Å². The predicted molar refractivity (Wildman–Crippen MR) is 95.3 cm³/mol. The Morgan fingerprint density at radius 2 is 2.22 bits per heavy atom. The van der Waals surface area contributed by atoms with Crippen LogP contribution in [0.5, 0.6) is 0 Å². The van der Waals surface area contributed by atoms with Crippen LogP contribution >= 0.6 is 35.8 Å². The molecule has 0 bridgehead atoms. The van der Waals surface area contributed by atoms with E-state index in [0.717, 1.165) is 17.7 Å². The summed E-state index contributed by atoms with van der Waals surface area (Å²) < 4.78 is 0. The molecule has 2 amide bonds. The van der Waals surface area contributed by atoms with Crippen molar-refractivity contribution in [2.75, 3.05) is 11.9 Å². The summed E-state index contributed by atoms with van der Waals surface area (Å²) in [6.45, 7) is 0.446. The highest BCUT2D eigenvalue weighted by molar-refractivity contribution is 8.01. The van der Waals surface area contributed by atoms with Gasteiger partial charge in [-0.3, -0.25) is 9.59 Å². The van der Waals surface area contributed by atoms with Gasteiger partial charge in [0, 0.05) is 28.9 Å². The number of hydrogen-bond acceptors (Lipinski definition) is 4. The molecule has 0 spiro atoms. The molecule has 1 aliphatic heterocycles. The Bertz CT molecular complexity index is 610. The summed E-state index contributed by atoms with van der Waals surface area (Å²) in [6, 6.07) is 5.39. The Morgan fingerprint density at radius 1 is 1.48 bits per heavy atom. The molecule has 2 atom stereocenters. The normalized spacial score (nSPS) is 20.8. The molecule has 1 aromatic carbocycles. The number of halogens is 2. The van der Waals surface area contributed by atoms with Gasteiger partial charge in [-0.15, -0.1) is 24.2 Å². The lowest BCUT2D eigenvalue weighted by atomic mass is 10.1. The van der Waals surface area contributed by atoms with Crippen LogP contribution in [0.15, 0.2) is 23.1 Å². The molecule has 0 saturated heterocycles. The van der Waals surface area contributed by atoms with Crippen molar-refractivity contribution in [2.45, 2.75) is 35.4 Å². The number of thioether (sulfide) groups is 1. The third-order valence-electron chi connectivity index (χ3n) is 3.92. The summed E-state index contributed by atoms with van der Waals surface area (Å²) in [5, 5.41) is 5.91. The maximum atomic E-state index is 12.1. The Morgan fingerprint density at radius 3 is 2.87 bits per heavy atom. The highest BCUT2D eigenvalue weighted by Crippen LogP contribution is 2.38. The van der Waals surface area contributed by atoms with Gasteiger partial charge in [-0.1, -0.05) is 11.6 Å². The van der Waals surface area contributed by atoms with Gasteiger partial charge in [0.25, 0.3) is 0 Å². The van der Waals surface area contributed by atoms with E-state index in [9.17, 15) is 9.59 Å². The summed E-state index contributed by atoms with van der Waals surface area (Å²) in [7, 11) is 0. The summed E-state index contributed by atoms with van der Waals surface area (Å²) in [6.07, 6.45) is 2.39. The van der Waals surface area contributed by atoms with Gasteiger partial charge < -0.3 is 16.4 Å². The average molecular weight is 376 g/mol. The molecule has 5 nitrogen and oxygen atoms in total. The van der Waals surface area contributed by atoms with Crippen LogP contribution in [-0.2, 0) is 9.59 Å². The molecule has 1 aliphatic carbocycles. The SMILES string of the molecule is Cl.NCC(NC(=O)CC1Sc2ccc(Cl)cc2NC1=O)C1CC1. The molecular formula is C15H19Cl2N3O2S. The zero-order valence-corrected chi connectivity index (χ0v) is 14.8.